The summed E-state index contributed by atoms with van der Waals surface area (Å²) in [6, 6.07) is 6.17. The first kappa shape index (κ1) is 14.8. The summed E-state index contributed by atoms with van der Waals surface area (Å²) < 4.78 is 18.4. The van der Waals surface area contributed by atoms with Crippen molar-refractivity contribution in [2.24, 2.45) is 0 Å². The van der Waals surface area contributed by atoms with Crippen LogP contribution in [0.1, 0.15) is 27.3 Å². The average molecular weight is 313 g/mol. The minimum absolute atomic E-state index is 0.117. The Hall–Kier alpha value is -3.09. The van der Waals surface area contributed by atoms with Gasteiger partial charge in [-0.25, -0.2) is 9.37 Å². The molecule has 2 aromatic heterocycles. The molecule has 0 saturated carbocycles. The Bertz CT molecular complexity index is 840. The van der Waals surface area contributed by atoms with Crippen LogP contribution in [0.25, 0.3) is 0 Å². The fourth-order valence-electron chi connectivity index (χ4n) is 2.22. The van der Waals surface area contributed by atoms with Gasteiger partial charge in [0.2, 0.25) is 11.6 Å². The summed E-state index contributed by atoms with van der Waals surface area (Å²) in [6.07, 6.45) is 4.43. The highest BCUT2D eigenvalue weighted by Gasteiger charge is 2.21. The summed E-state index contributed by atoms with van der Waals surface area (Å²) in [5.74, 6) is -1.88. The number of halogens is 1. The van der Waals surface area contributed by atoms with E-state index in [1.54, 1.807) is 12.1 Å². The number of hydrogen-bond acceptors (Lipinski definition) is 5. The third-order valence-corrected chi connectivity index (χ3v) is 3.34. The van der Waals surface area contributed by atoms with E-state index in [0.717, 1.165) is 11.1 Å². The normalized spacial score (nSPS) is 10.7. The molecule has 2 heterocycles. The van der Waals surface area contributed by atoms with Crippen molar-refractivity contribution in [2.75, 3.05) is 0 Å². The standard InChI is InChI=1S/C16H12FN3O3/c17-13-3-1-2-10(5-13)4-11-7-23-8-12(11)6-14(21)15(22)16-18-9-19-20-16/h1-3,5,7-9H,4,6H2,(H,18,19,20). The van der Waals surface area contributed by atoms with Crippen LogP contribution in [0.2, 0.25) is 0 Å². The molecule has 7 heteroatoms. The first-order valence-electron chi connectivity index (χ1n) is 6.85. The van der Waals surface area contributed by atoms with Gasteiger partial charge in [0, 0.05) is 18.4 Å². The summed E-state index contributed by atoms with van der Waals surface area (Å²) in [5.41, 5.74) is 2.07. The fraction of sp³-hybridized carbons (Fsp3) is 0.125. The third-order valence-electron chi connectivity index (χ3n) is 3.34. The van der Waals surface area contributed by atoms with Crippen molar-refractivity contribution >= 4 is 11.6 Å². The van der Waals surface area contributed by atoms with Crippen LogP contribution in [0, 0.1) is 5.82 Å². The highest BCUT2D eigenvalue weighted by molar-refractivity contribution is 6.43. The van der Waals surface area contributed by atoms with Gasteiger partial charge in [0.15, 0.2) is 0 Å². The molecule has 116 valence electrons. The molecular formula is C16H12FN3O3. The van der Waals surface area contributed by atoms with Gasteiger partial charge in [0.05, 0.1) is 12.5 Å². The minimum Gasteiger partial charge on any atom is -0.472 e. The highest BCUT2D eigenvalue weighted by Crippen LogP contribution is 2.17. The van der Waals surface area contributed by atoms with Crippen LogP contribution in [-0.4, -0.2) is 26.7 Å². The number of carbonyl (C=O) groups excluding carboxylic acids is 2. The lowest BCUT2D eigenvalue weighted by Gasteiger charge is -2.02. The molecule has 0 radical (unpaired) electrons. The quantitative estimate of drug-likeness (QED) is 0.556. The van der Waals surface area contributed by atoms with E-state index < -0.39 is 11.6 Å². The maximum Gasteiger partial charge on any atom is 0.267 e. The molecule has 0 unspecified atom stereocenters. The summed E-state index contributed by atoms with van der Waals surface area (Å²) in [4.78, 5) is 27.6. The number of aromatic amines is 1. The zero-order valence-electron chi connectivity index (χ0n) is 12.0. The van der Waals surface area contributed by atoms with E-state index in [1.165, 1.54) is 31.0 Å². The molecular weight excluding hydrogens is 301 g/mol. The number of rotatable bonds is 6. The Morgan fingerprint density at radius 2 is 2.04 bits per heavy atom. The lowest BCUT2D eigenvalue weighted by Crippen LogP contribution is -2.18. The number of hydrogen-bond donors (Lipinski definition) is 1. The number of nitrogens with one attached hydrogen (secondary N) is 1. The molecule has 0 aliphatic heterocycles. The van der Waals surface area contributed by atoms with E-state index in [9.17, 15) is 14.0 Å². The van der Waals surface area contributed by atoms with Gasteiger partial charge < -0.3 is 4.42 Å². The smallest absolute Gasteiger partial charge is 0.267 e. The van der Waals surface area contributed by atoms with Crippen molar-refractivity contribution < 1.29 is 18.4 Å². The first-order valence-corrected chi connectivity index (χ1v) is 6.85. The van der Waals surface area contributed by atoms with E-state index >= 15 is 0 Å². The molecule has 3 aromatic rings. The van der Waals surface area contributed by atoms with Crippen LogP contribution in [0.5, 0.6) is 0 Å². The number of benzene rings is 1. The van der Waals surface area contributed by atoms with Crippen molar-refractivity contribution in [3.63, 3.8) is 0 Å². The van der Waals surface area contributed by atoms with Gasteiger partial charge in [-0.05, 0) is 23.3 Å². The minimum atomic E-state index is -0.760. The van der Waals surface area contributed by atoms with E-state index in [0.29, 0.717) is 12.0 Å². The number of furan rings is 1. The van der Waals surface area contributed by atoms with Crippen molar-refractivity contribution in [2.45, 2.75) is 12.8 Å². The number of ketones is 2. The maximum atomic E-state index is 13.2. The number of aromatic nitrogens is 3. The first-order chi connectivity index (χ1) is 11.1. The predicted molar refractivity (Wildman–Crippen MR) is 77.3 cm³/mol. The van der Waals surface area contributed by atoms with Gasteiger partial charge in [-0.15, -0.1) is 5.10 Å². The molecule has 1 N–H and O–H groups in total. The molecule has 0 amide bonds. The molecule has 6 nitrogen and oxygen atoms in total. The topological polar surface area (TPSA) is 88.9 Å². The Morgan fingerprint density at radius 1 is 1.22 bits per heavy atom. The van der Waals surface area contributed by atoms with Crippen molar-refractivity contribution in [1.82, 2.24) is 15.2 Å². The van der Waals surface area contributed by atoms with Crippen molar-refractivity contribution in [3.05, 3.63) is 71.5 Å². The van der Waals surface area contributed by atoms with E-state index in [4.69, 9.17) is 4.42 Å². The lowest BCUT2D eigenvalue weighted by atomic mass is 10.00. The molecule has 0 aliphatic rings. The van der Waals surface area contributed by atoms with E-state index in [-0.39, 0.29) is 18.1 Å². The second-order valence-corrected chi connectivity index (χ2v) is 4.98. The summed E-state index contributed by atoms with van der Waals surface area (Å²) in [7, 11) is 0. The number of nitrogens with zero attached hydrogens (tertiary/aromatic N) is 2. The average Bonchev–Trinajstić information content (AvgIpc) is 3.19. The monoisotopic (exact) mass is 313 g/mol. The van der Waals surface area contributed by atoms with Crippen LogP contribution in [0.4, 0.5) is 4.39 Å². The van der Waals surface area contributed by atoms with Crippen LogP contribution >= 0.6 is 0 Å². The summed E-state index contributed by atoms with van der Waals surface area (Å²) >= 11 is 0. The van der Waals surface area contributed by atoms with Gasteiger partial charge >= 0.3 is 0 Å². The number of carbonyl (C=O) groups is 2. The largest absolute Gasteiger partial charge is 0.472 e. The van der Waals surface area contributed by atoms with Crippen LogP contribution in [-0.2, 0) is 17.6 Å². The Kier molecular flexibility index (Phi) is 4.09. The Morgan fingerprint density at radius 3 is 2.78 bits per heavy atom. The van der Waals surface area contributed by atoms with E-state index in [1.807, 2.05) is 0 Å². The number of H-pyrrole nitrogens is 1. The van der Waals surface area contributed by atoms with Crippen LogP contribution in [0.3, 0.4) is 0 Å². The molecule has 1 aromatic carbocycles. The van der Waals surface area contributed by atoms with Crippen LogP contribution in [0.15, 0.2) is 47.5 Å². The predicted octanol–water partition coefficient (Wildman–Crippen LogP) is 2.12. The zero-order chi connectivity index (χ0) is 16.2. The molecule has 23 heavy (non-hydrogen) atoms. The van der Waals surface area contributed by atoms with Gasteiger partial charge in [0.1, 0.15) is 12.1 Å². The molecule has 0 saturated heterocycles. The Balaban J connectivity index is 1.73. The van der Waals surface area contributed by atoms with Gasteiger partial charge in [-0.2, -0.15) is 0 Å². The van der Waals surface area contributed by atoms with Crippen LogP contribution < -0.4 is 0 Å². The maximum absolute atomic E-state index is 13.2. The van der Waals surface area contributed by atoms with Crippen molar-refractivity contribution in [1.29, 1.82) is 0 Å². The fourth-order valence-corrected chi connectivity index (χ4v) is 2.22. The van der Waals surface area contributed by atoms with E-state index in [2.05, 4.69) is 15.2 Å². The second-order valence-electron chi connectivity index (χ2n) is 4.98. The molecule has 0 fully saturated rings. The second kappa shape index (κ2) is 6.35. The molecule has 0 aliphatic carbocycles. The Labute approximate surface area is 130 Å². The summed E-state index contributed by atoms with van der Waals surface area (Å²) in [5, 5.41) is 5.98. The molecule has 0 atom stereocenters. The molecule has 3 rings (SSSR count). The summed E-state index contributed by atoms with van der Waals surface area (Å²) in [6.45, 7) is 0. The molecule has 0 bridgehead atoms. The zero-order valence-corrected chi connectivity index (χ0v) is 12.0. The third kappa shape index (κ3) is 3.39. The number of Topliss-reactive ketones (excluding diaryl/α,β-unsaturated/α-hetero) is 2. The SMILES string of the molecule is O=C(Cc1cocc1Cc1cccc(F)c1)C(=O)c1nc[nH]n1. The van der Waals surface area contributed by atoms with Crippen molar-refractivity contribution in [3.8, 4) is 0 Å². The lowest BCUT2D eigenvalue weighted by molar-refractivity contribution is -0.114. The highest BCUT2D eigenvalue weighted by atomic mass is 19.1. The van der Waals surface area contributed by atoms with Gasteiger partial charge in [0.25, 0.3) is 5.78 Å². The van der Waals surface area contributed by atoms with Gasteiger partial charge in [-0.3, -0.25) is 14.7 Å². The van der Waals surface area contributed by atoms with Gasteiger partial charge in [-0.1, -0.05) is 12.1 Å². The molecule has 0 spiro atoms.